The molecule has 0 spiro atoms. The highest BCUT2D eigenvalue weighted by atomic mass is 79.9. The van der Waals surface area contributed by atoms with Crippen molar-refractivity contribution < 1.29 is 0 Å². The second-order valence-electron chi connectivity index (χ2n) is 3.57. The van der Waals surface area contributed by atoms with Crippen LogP contribution in [0, 0.1) is 0 Å². The molecule has 1 aromatic heterocycles. The Kier molecular flexibility index (Phi) is 2.32. The molecule has 0 N–H and O–H groups in total. The number of aliphatic imine (C=N–C) groups is 1. The lowest BCUT2D eigenvalue weighted by atomic mass is 10.2. The number of nitrogens with zero attached hydrogens (tertiary/aromatic N) is 4. The monoisotopic (exact) mass is 276 g/mol. The van der Waals surface area contributed by atoms with E-state index in [0.717, 1.165) is 34.2 Å². The number of benzene rings is 1. The first-order chi connectivity index (χ1) is 7.86. The van der Waals surface area contributed by atoms with Gasteiger partial charge in [-0.15, -0.1) is 0 Å². The second kappa shape index (κ2) is 3.83. The average molecular weight is 277 g/mol. The lowest BCUT2D eigenvalue weighted by Gasteiger charge is -2.16. The van der Waals surface area contributed by atoms with E-state index in [1.54, 1.807) is 6.33 Å². The largest absolute Gasteiger partial charge is 0.330 e. The van der Waals surface area contributed by atoms with Gasteiger partial charge in [-0.3, -0.25) is 4.99 Å². The number of halogens is 1. The van der Waals surface area contributed by atoms with Crippen molar-refractivity contribution in [1.82, 2.24) is 9.97 Å². The highest BCUT2D eigenvalue weighted by Gasteiger charge is 2.13. The molecule has 1 aliphatic rings. The minimum absolute atomic E-state index is 0.857. The molecule has 2 aromatic rings. The van der Waals surface area contributed by atoms with Gasteiger partial charge in [0.05, 0.1) is 28.6 Å². The van der Waals surface area contributed by atoms with Crippen LogP contribution in [0.4, 0.5) is 5.69 Å². The SMILES string of the molecule is Brc1c(N2C=NCC2)ccc2ncncc12. The molecule has 4 nitrogen and oxygen atoms in total. The van der Waals surface area contributed by atoms with Gasteiger partial charge < -0.3 is 4.90 Å². The Hall–Kier alpha value is -1.49. The Morgan fingerprint density at radius 1 is 1.31 bits per heavy atom. The fraction of sp³-hybridized carbons (Fsp3) is 0.182. The molecule has 0 amide bonds. The molecule has 1 aliphatic heterocycles. The van der Waals surface area contributed by atoms with E-state index < -0.39 is 0 Å². The van der Waals surface area contributed by atoms with Crippen molar-refractivity contribution in [2.75, 3.05) is 18.0 Å². The third-order valence-electron chi connectivity index (χ3n) is 2.60. The van der Waals surface area contributed by atoms with Gasteiger partial charge in [-0.25, -0.2) is 9.97 Å². The van der Waals surface area contributed by atoms with Crippen LogP contribution in [0.3, 0.4) is 0 Å². The molecule has 1 aromatic carbocycles. The van der Waals surface area contributed by atoms with Crippen LogP contribution in [0.2, 0.25) is 0 Å². The van der Waals surface area contributed by atoms with Crippen LogP contribution in [0.15, 0.2) is 34.1 Å². The van der Waals surface area contributed by atoms with Crippen LogP contribution >= 0.6 is 15.9 Å². The van der Waals surface area contributed by atoms with Gasteiger partial charge in [0.1, 0.15) is 6.33 Å². The normalized spacial score (nSPS) is 14.9. The third kappa shape index (κ3) is 1.48. The molecule has 0 saturated heterocycles. The average Bonchev–Trinajstić information content (AvgIpc) is 2.83. The van der Waals surface area contributed by atoms with Gasteiger partial charge in [-0.1, -0.05) is 0 Å². The van der Waals surface area contributed by atoms with Gasteiger partial charge in [0.25, 0.3) is 0 Å². The van der Waals surface area contributed by atoms with Crippen LogP contribution in [0.25, 0.3) is 10.9 Å². The van der Waals surface area contributed by atoms with E-state index >= 15 is 0 Å². The fourth-order valence-electron chi connectivity index (χ4n) is 1.79. The van der Waals surface area contributed by atoms with Crippen LogP contribution in [-0.2, 0) is 0 Å². The van der Waals surface area contributed by atoms with E-state index in [2.05, 4.69) is 41.9 Å². The number of rotatable bonds is 1. The first-order valence-corrected chi connectivity index (χ1v) is 5.80. The molecule has 0 bridgehead atoms. The summed E-state index contributed by atoms with van der Waals surface area (Å²) in [6, 6.07) is 4.06. The maximum Gasteiger partial charge on any atom is 0.116 e. The Bertz CT molecular complexity index is 567. The molecule has 16 heavy (non-hydrogen) atoms. The zero-order chi connectivity index (χ0) is 11.0. The summed E-state index contributed by atoms with van der Waals surface area (Å²) in [5.41, 5.74) is 2.06. The van der Waals surface area contributed by atoms with E-state index in [-0.39, 0.29) is 0 Å². The maximum atomic E-state index is 4.22. The summed E-state index contributed by atoms with van der Waals surface area (Å²) in [6.07, 6.45) is 5.25. The van der Waals surface area contributed by atoms with Gasteiger partial charge in [0, 0.05) is 18.1 Å². The zero-order valence-electron chi connectivity index (χ0n) is 8.47. The van der Waals surface area contributed by atoms with E-state index in [1.165, 1.54) is 0 Å². The highest BCUT2D eigenvalue weighted by Crippen LogP contribution is 2.32. The fourth-order valence-corrected chi connectivity index (χ4v) is 2.46. The van der Waals surface area contributed by atoms with Crippen molar-refractivity contribution in [2.24, 2.45) is 4.99 Å². The van der Waals surface area contributed by atoms with E-state index in [1.807, 2.05) is 18.6 Å². The molecule has 0 radical (unpaired) electrons. The summed E-state index contributed by atoms with van der Waals surface area (Å²) in [5.74, 6) is 0. The smallest absolute Gasteiger partial charge is 0.116 e. The predicted molar refractivity (Wildman–Crippen MR) is 67.9 cm³/mol. The summed E-state index contributed by atoms with van der Waals surface area (Å²) in [4.78, 5) is 14.6. The number of anilines is 1. The predicted octanol–water partition coefficient (Wildman–Crippen LogP) is 2.24. The lowest BCUT2D eigenvalue weighted by Crippen LogP contribution is -2.18. The van der Waals surface area contributed by atoms with E-state index in [4.69, 9.17) is 0 Å². The summed E-state index contributed by atoms with van der Waals surface area (Å²) in [7, 11) is 0. The minimum Gasteiger partial charge on any atom is -0.330 e. The van der Waals surface area contributed by atoms with Crippen LogP contribution in [0.5, 0.6) is 0 Å². The highest BCUT2D eigenvalue weighted by molar-refractivity contribution is 9.10. The number of hydrogen-bond acceptors (Lipinski definition) is 4. The van der Waals surface area contributed by atoms with Gasteiger partial charge in [0.15, 0.2) is 0 Å². The van der Waals surface area contributed by atoms with Gasteiger partial charge in [-0.2, -0.15) is 0 Å². The van der Waals surface area contributed by atoms with Crippen LogP contribution in [-0.4, -0.2) is 29.4 Å². The quantitative estimate of drug-likeness (QED) is 0.802. The number of aromatic nitrogens is 2. The summed E-state index contributed by atoms with van der Waals surface area (Å²) < 4.78 is 1.03. The Morgan fingerprint density at radius 3 is 3.06 bits per heavy atom. The lowest BCUT2D eigenvalue weighted by molar-refractivity contribution is 1.02. The van der Waals surface area contributed by atoms with Crippen molar-refractivity contribution in [3.8, 4) is 0 Å². The van der Waals surface area contributed by atoms with Crippen molar-refractivity contribution in [3.63, 3.8) is 0 Å². The van der Waals surface area contributed by atoms with Crippen molar-refractivity contribution in [3.05, 3.63) is 29.1 Å². The first-order valence-electron chi connectivity index (χ1n) is 5.01. The molecule has 0 atom stereocenters. The van der Waals surface area contributed by atoms with Gasteiger partial charge in [-0.05, 0) is 28.1 Å². The van der Waals surface area contributed by atoms with Crippen LogP contribution < -0.4 is 4.90 Å². The molecule has 80 valence electrons. The molecule has 0 unspecified atom stereocenters. The number of hydrogen-bond donors (Lipinski definition) is 0. The second-order valence-corrected chi connectivity index (χ2v) is 4.36. The molecular weight excluding hydrogens is 268 g/mol. The molecule has 0 aliphatic carbocycles. The Morgan fingerprint density at radius 2 is 2.25 bits per heavy atom. The van der Waals surface area contributed by atoms with Gasteiger partial charge in [0.2, 0.25) is 0 Å². The summed E-state index contributed by atoms with van der Waals surface area (Å²) in [6.45, 7) is 1.79. The van der Waals surface area contributed by atoms with Crippen molar-refractivity contribution in [2.45, 2.75) is 0 Å². The molecule has 3 rings (SSSR count). The van der Waals surface area contributed by atoms with E-state index in [9.17, 15) is 0 Å². The Balaban J connectivity index is 2.19. The van der Waals surface area contributed by atoms with E-state index in [0.29, 0.717) is 0 Å². The number of fused-ring (bicyclic) bond motifs is 1. The Labute approximate surface area is 101 Å². The van der Waals surface area contributed by atoms with Crippen LogP contribution in [0.1, 0.15) is 0 Å². The molecule has 0 fully saturated rings. The first kappa shape index (κ1) is 9.72. The standard InChI is InChI=1S/C11H9BrN4/c12-11-8-5-14-6-15-9(8)1-2-10(11)16-4-3-13-7-16/h1-2,5-7H,3-4H2. The summed E-state index contributed by atoms with van der Waals surface area (Å²) >= 11 is 3.61. The van der Waals surface area contributed by atoms with Crippen molar-refractivity contribution >= 4 is 38.9 Å². The summed E-state index contributed by atoms with van der Waals surface area (Å²) in [5, 5.41) is 1.03. The zero-order valence-corrected chi connectivity index (χ0v) is 10.1. The topological polar surface area (TPSA) is 41.4 Å². The minimum atomic E-state index is 0.857. The molecular formula is C11H9BrN4. The maximum absolute atomic E-state index is 4.22. The molecule has 0 saturated carbocycles. The van der Waals surface area contributed by atoms with Crippen molar-refractivity contribution in [1.29, 1.82) is 0 Å². The van der Waals surface area contributed by atoms with Gasteiger partial charge >= 0.3 is 0 Å². The molecule has 5 heteroatoms. The third-order valence-corrected chi connectivity index (χ3v) is 3.44. The molecule has 2 heterocycles.